The number of benzene rings is 1. The highest BCUT2D eigenvalue weighted by Crippen LogP contribution is 2.26. The molecule has 0 saturated carbocycles. The van der Waals surface area contributed by atoms with Crippen LogP contribution in [0, 0.1) is 5.21 Å². The average Bonchev–Trinajstić information content (AvgIpc) is 2.46. The summed E-state index contributed by atoms with van der Waals surface area (Å²) in [4.78, 5) is 33.1. The van der Waals surface area contributed by atoms with Gasteiger partial charge in [0.1, 0.15) is 12.1 Å². The van der Waals surface area contributed by atoms with E-state index in [9.17, 15) is 24.7 Å². The minimum Gasteiger partial charge on any atom is -0.733 e. The van der Waals surface area contributed by atoms with Crippen molar-refractivity contribution in [3.63, 3.8) is 0 Å². The van der Waals surface area contributed by atoms with E-state index in [1.807, 2.05) is 0 Å². The number of carboxylic acid groups (broad SMARTS) is 3. The zero-order valence-electron chi connectivity index (χ0n) is 11.7. The number of hydrogen-bond donors (Lipinski definition) is 5. The Labute approximate surface area is 130 Å². The van der Waals surface area contributed by atoms with Crippen molar-refractivity contribution >= 4 is 23.6 Å². The van der Waals surface area contributed by atoms with E-state index in [-0.39, 0.29) is 17.7 Å². The number of nitrogens with zero attached hydrogens (tertiary/aromatic N) is 1. The van der Waals surface area contributed by atoms with Gasteiger partial charge in [0, 0.05) is 12.0 Å². The van der Waals surface area contributed by atoms with Crippen LogP contribution >= 0.6 is 0 Å². The zero-order valence-corrected chi connectivity index (χ0v) is 11.7. The normalized spacial score (nSPS) is 13.1. The molecule has 10 heteroatoms. The summed E-state index contributed by atoms with van der Waals surface area (Å²) in [6.45, 7) is 0. The number of anilines is 1. The molecule has 0 fully saturated rings. The maximum absolute atomic E-state index is 11.4. The third-order valence-corrected chi connectivity index (χ3v) is 3.01. The van der Waals surface area contributed by atoms with Crippen LogP contribution in [0.3, 0.4) is 0 Å². The highest BCUT2D eigenvalue weighted by atomic mass is 16.8. The lowest BCUT2D eigenvalue weighted by Crippen LogP contribution is -2.42. The van der Waals surface area contributed by atoms with E-state index in [4.69, 9.17) is 15.4 Å². The number of rotatable bonds is 9. The fourth-order valence-electron chi connectivity index (χ4n) is 1.95. The van der Waals surface area contributed by atoms with Gasteiger partial charge in [-0.1, -0.05) is 18.2 Å². The maximum atomic E-state index is 11.4. The predicted molar refractivity (Wildman–Crippen MR) is 75.9 cm³/mol. The van der Waals surface area contributed by atoms with Crippen molar-refractivity contribution in [2.75, 3.05) is 5.23 Å². The van der Waals surface area contributed by atoms with Crippen LogP contribution in [-0.2, 0) is 14.4 Å². The van der Waals surface area contributed by atoms with E-state index in [1.54, 1.807) is 0 Å². The van der Waals surface area contributed by atoms with Crippen LogP contribution in [0.25, 0.3) is 0 Å². The van der Waals surface area contributed by atoms with Crippen LogP contribution in [-0.4, -0.2) is 44.5 Å². The molecule has 0 aliphatic rings. The van der Waals surface area contributed by atoms with Gasteiger partial charge in [-0.3, -0.25) is 24.9 Å². The van der Waals surface area contributed by atoms with Crippen molar-refractivity contribution in [1.82, 2.24) is 5.32 Å². The molecule has 0 aliphatic carbocycles. The van der Waals surface area contributed by atoms with Gasteiger partial charge in [0.2, 0.25) is 0 Å². The van der Waals surface area contributed by atoms with Gasteiger partial charge >= 0.3 is 17.9 Å². The molecule has 126 valence electrons. The summed E-state index contributed by atoms with van der Waals surface area (Å²) in [7, 11) is 0. The standard InChI is InChI=1S/C13H15N2O8/c16-10(17)6-5-8(12(18)19)14-11(13(20)21)7-3-1-2-4-9(7)15(22)23/h1-4,8,11,14,22H,5-6H2,(H,16,17)(H,18,19)(H,20,21)/q-1. The minimum absolute atomic E-state index is 0.154. The first-order valence-corrected chi connectivity index (χ1v) is 6.42. The number of carboxylic acids is 3. The van der Waals surface area contributed by atoms with E-state index in [0.717, 1.165) is 6.07 Å². The summed E-state index contributed by atoms with van der Waals surface area (Å²) in [6.07, 6.45) is -0.831. The second-order valence-corrected chi connectivity index (χ2v) is 4.59. The molecule has 0 amide bonds. The lowest BCUT2D eigenvalue weighted by molar-refractivity contribution is -0.143. The van der Waals surface area contributed by atoms with Gasteiger partial charge in [-0.25, -0.2) is 0 Å². The van der Waals surface area contributed by atoms with Crippen LogP contribution < -0.4 is 10.5 Å². The Balaban J connectivity index is 3.09. The van der Waals surface area contributed by atoms with Gasteiger partial charge in [0.25, 0.3) is 0 Å². The summed E-state index contributed by atoms with van der Waals surface area (Å²) in [6, 6.07) is 2.11. The van der Waals surface area contributed by atoms with Gasteiger partial charge in [0.05, 0.1) is 5.69 Å². The SMILES string of the molecule is O=C(O)CCC(NC(C(=O)O)c1ccccc1N([O-])O)C(=O)O. The number of nitrogens with one attached hydrogen (secondary N) is 1. The Morgan fingerprint density at radius 3 is 2.22 bits per heavy atom. The average molecular weight is 327 g/mol. The van der Waals surface area contributed by atoms with Crippen LogP contribution in [0.1, 0.15) is 24.4 Å². The van der Waals surface area contributed by atoms with Crippen LogP contribution in [0.2, 0.25) is 0 Å². The van der Waals surface area contributed by atoms with Crippen molar-refractivity contribution < 1.29 is 34.9 Å². The first-order chi connectivity index (χ1) is 10.7. The molecule has 2 unspecified atom stereocenters. The molecule has 2 atom stereocenters. The molecule has 0 saturated heterocycles. The molecule has 0 aliphatic heterocycles. The fraction of sp³-hybridized carbons (Fsp3) is 0.308. The van der Waals surface area contributed by atoms with Crippen LogP contribution in [0.15, 0.2) is 24.3 Å². The van der Waals surface area contributed by atoms with Gasteiger partial charge in [0.15, 0.2) is 0 Å². The lowest BCUT2D eigenvalue weighted by Gasteiger charge is -2.28. The third-order valence-electron chi connectivity index (χ3n) is 3.01. The molecule has 23 heavy (non-hydrogen) atoms. The molecule has 0 radical (unpaired) electrons. The van der Waals surface area contributed by atoms with Gasteiger partial charge < -0.3 is 25.8 Å². The minimum atomic E-state index is -1.62. The smallest absolute Gasteiger partial charge is 0.325 e. The molecule has 0 bridgehead atoms. The third kappa shape index (κ3) is 5.21. The van der Waals surface area contributed by atoms with Crippen molar-refractivity contribution in [2.45, 2.75) is 24.9 Å². The summed E-state index contributed by atoms with van der Waals surface area (Å²) in [5.41, 5.74) is -0.520. The molecule has 1 aromatic rings. The van der Waals surface area contributed by atoms with Gasteiger partial charge in [-0.05, 0) is 12.5 Å². The number of aliphatic carboxylic acids is 3. The highest BCUT2D eigenvalue weighted by Gasteiger charge is 2.29. The second kappa shape index (κ2) is 8.08. The first-order valence-electron chi connectivity index (χ1n) is 6.42. The Hall–Kier alpha value is -2.69. The Kier molecular flexibility index (Phi) is 6.45. The first kappa shape index (κ1) is 18.4. The topological polar surface area (TPSA) is 170 Å². The molecule has 5 N–H and O–H groups in total. The quantitative estimate of drug-likeness (QED) is 0.400. The molecule has 0 heterocycles. The Morgan fingerprint density at radius 1 is 1.13 bits per heavy atom. The van der Waals surface area contributed by atoms with Crippen molar-refractivity contribution in [3.8, 4) is 0 Å². The van der Waals surface area contributed by atoms with Gasteiger partial charge in [-0.15, -0.1) is 0 Å². The Bertz CT molecular complexity index is 589. The molecule has 0 aromatic heterocycles. The summed E-state index contributed by atoms with van der Waals surface area (Å²) >= 11 is 0. The van der Waals surface area contributed by atoms with Crippen LogP contribution in [0.4, 0.5) is 5.69 Å². The highest BCUT2D eigenvalue weighted by molar-refractivity contribution is 5.81. The van der Waals surface area contributed by atoms with Crippen molar-refractivity contribution in [2.24, 2.45) is 0 Å². The molecular formula is C13H15N2O8-. The lowest BCUT2D eigenvalue weighted by atomic mass is 10.0. The summed E-state index contributed by atoms with van der Waals surface area (Å²) < 4.78 is 0. The largest absolute Gasteiger partial charge is 0.733 e. The van der Waals surface area contributed by atoms with E-state index < -0.39 is 41.6 Å². The Morgan fingerprint density at radius 2 is 1.74 bits per heavy atom. The molecular weight excluding hydrogens is 312 g/mol. The van der Waals surface area contributed by atoms with E-state index in [0.29, 0.717) is 0 Å². The van der Waals surface area contributed by atoms with Crippen molar-refractivity contribution in [1.29, 1.82) is 0 Å². The number of carbonyl (C=O) groups is 3. The maximum Gasteiger partial charge on any atom is 0.325 e. The number of para-hydroxylation sites is 1. The summed E-state index contributed by atoms with van der Waals surface area (Å²) in [5, 5.41) is 48.8. The molecule has 0 spiro atoms. The number of hydrogen-bond acceptors (Lipinski definition) is 7. The summed E-state index contributed by atoms with van der Waals surface area (Å²) in [5.74, 6) is -4.15. The van der Waals surface area contributed by atoms with E-state index in [1.165, 1.54) is 18.2 Å². The fourth-order valence-corrected chi connectivity index (χ4v) is 1.95. The molecule has 1 aromatic carbocycles. The molecule has 1 rings (SSSR count). The van der Waals surface area contributed by atoms with Crippen molar-refractivity contribution in [3.05, 3.63) is 35.0 Å². The van der Waals surface area contributed by atoms with Crippen LogP contribution in [0.5, 0.6) is 0 Å². The van der Waals surface area contributed by atoms with E-state index in [2.05, 4.69) is 5.32 Å². The molecule has 10 nitrogen and oxygen atoms in total. The monoisotopic (exact) mass is 327 g/mol. The second-order valence-electron chi connectivity index (χ2n) is 4.59. The van der Waals surface area contributed by atoms with Gasteiger partial charge in [-0.2, -0.15) is 0 Å². The predicted octanol–water partition coefficient (Wildman–Crippen LogP) is 0.413. The zero-order chi connectivity index (χ0) is 17.6. The van der Waals surface area contributed by atoms with E-state index >= 15 is 0 Å².